The van der Waals surface area contributed by atoms with Crippen LogP contribution in [0.15, 0.2) is 40.6 Å². The zero-order chi connectivity index (χ0) is 29.3. The first kappa shape index (κ1) is 33.0. The molecule has 0 fully saturated rings. The lowest BCUT2D eigenvalue weighted by molar-refractivity contribution is 0.282. The van der Waals surface area contributed by atoms with Crippen molar-refractivity contribution in [3.8, 4) is 5.75 Å². The van der Waals surface area contributed by atoms with Crippen LogP contribution in [0.1, 0.15) is 122 Å². The lowest BCUT2D eigenvalue weighted by Gasteiger charge is -2.22. The molecule has 0 amide bonds. The number of benzene rings is 2. The van der Waals surface area contributed by atoms with Gasteiger partial charge >= 0.3 is 0 Å². The molecule has 0 spiro atoms. The van der Waals surface area contributed by atoms with Gasteiger partial charge in [0.25, 0.3) is 0 Å². The molecule has 2 aromatic carbocycles. The molecule has 3 rings (SSSR count). The number of aryl methyl sites for hydroxylation is 1. The Morgan fingerprint density at radius 1 is 0.854 bits per heavy atom. The van der Waals surface area contributed by atoms with E-state index in [9.17, 15) is 5.11 Å². The molecule has 0 atom stereocenters. The summed E-state index contributed by atoms with van der Waals surface area (Å²) in [6, 6.07) is 10.8. The standard InChI is InChI=1S/C34H52N4O2S/c1-5-8-11-12-13-16-17-26-20-21-29-33(22-26)41-34(36-29)38-37-30-24-32(40-4)31(23-27(30)25-39)35-28(18-14-9-6-2)19-15-10-7-3/h20-24,28,35,39H,5-19,25H2,1-4H3/b38-37+. The largest absolute Gasteiger partial charge is 0.495 e. The zero-order valence-electron chi connectivity index (χ0n) is 25.9. The van der Waals surface area contributed by atoms with Crippen LogP contribution in [-0.2, 0) is 13.0 Å². The maximum Gasteiger partial charge on any atom is 0.231 e. The summed E-state index contributed by atoms with van der Waals surface area (Å²) in [5.74, 6) is 0.718. The molecule has 0 aliphatic heterocycles. The number of fused-ring (bicyclic) bond motifs is 1. The van der Waals surface area contributed by atoms with Crippen molar-refractivity contribution in [1.82, 2.24) is 4.98 Å². The van der Waals surface area contributed by atoms with E-state index in [1.807, 2.05) is 12.1 Å². The fraction of sp³-hybridized carbons (Fsp3) is 0.618. The second kappa shape index (κ2) is 18.8. The third-order valence-electron chi connectivity index (χ3n) is 7.75. The molecule has 1 aromatic heterocycles. The van der Waals surface area contributed by atoms with E-state index in [0.29, 0.717) is 16.9 Å². The van der Waals surface area contributed by atoms with Crippen molar-refractivity contribution in [3.63, 3.8) is 0 Å². The number of nitrogens with one attached hydrogen (secondary N) is 1. The summed E-state index contributed by atoms with van der Waals surface area (Å²) in [7, 11) is 1.68. The number of methoxy groups -OCH3 is 1. The van der Waals surface area contributed by atoms with Gasteiger partial charge in [0, 0.05) is 17.7 Å². The van der Waals surface area contributed by atoms with Gasteiger partial charge in [-0.05, 0) is 49.4 Å². The zero-order valence-corrected chi connectivity index (χ0v) is 26.7. The molecule has 0 aliphatic rings. The van der Waals surface area contributed by atoms with Crippen LogP contribution in [-0.4, -0.2) is 23.2 Å². The molecule has 0 radical (unpaired) electrons. The Morgan fingerprint density at radius 3 is 2.22 bits per heavy atom. The van der Waals surface area contributed by atoms with E-state index in [-0.39, 0.29) is 6.61 Å². The Hall–Kier alpha value is -2.51. The Balaban J connectivity index is 1.71. The molecular formula is C34H52N4O2S. The van der Waals surface area contributed by atoms with Gasteiger partial charge in [-0.1, -0.05) is 109 Å². The molecule has 226 valence electrons. The van der Waals surface area contributed by atoms with Gasteiger partial charge in [0.05, 0.1) is 35.3 Å². The van der Waals surface area contributed by atoms with Crippen molar-refractivity contribution in [2.45, 2.75) is 130 Å². The van der Waals surface area contributed by atoms with Crippen LogP contribution in [0.5, 0.6) is 5.75 Å². The Morgan fingerprint density at radius 2 is 1.54 bits per heavy atom. The van der Waals surface area contributed by atoms with Crippen LogP contribution in [0.25, 0.3) is 10.2 Å². The summed E-state index contributed by atoms with van der Waals surface area (Å²) in [5.41, 5.74) is 4.55. The van der Waals surface area contributed by atoms with Crippen molar-refractivity contribution >= 4 is 38.1 Å². The number of nitrogens with zero attached hydrogens (tertiary/aromatic N) is 3. The highest BCUT2D eigenvalue weighted by molar-refractivity contribution is 7.21. The fourth-order valence-electron chi connectivity index (χ4n) is 5.27. The van der Waals surface area contributed by atoms with E-state index >= 15 is 0 Å². The summed E-state index contributed by atoms with van der Waals surface area (Å²) in [6.07, 6.45) is 18.6. The molecule has 0 unspecified atom stereocenters. The minimum Gasteiger partial charge on any atom is -0.495 e. The van der Waals surface area contributed by atoms with E-state index in [2.05, 4.69) is 59.5 Å². The van der Waals surface area contributed by atoms with E-state index in [1.54, 1.807) is 18.4 Å². The summed E-state index contributed by atoms with van der Waals surface area (Å²) in [5, 5.41) is 23.5. The lowest BCUT2D eigenvalue weighted by Crippen LogP contribution is -2.20. The molecule has 0 aliphatic carbocycles. The third kappa shape index (κ3) is 11.0. The summed E-state index contributed by atoms with van der Waals surface area (Å²) in [6.45, 7) is 6.62. The highest BCUT2D eigenvalue weighted by atomic mass is 32.1. The van der Waals surface area contributed by atoms with Crippen molar-refractivity contribution in [3.05, 3.63) is 41.5 Å². The first-order valence-corrected chi connectivity index (χ1v) is 16.8. The molecule has 3 aromatic rings. The average molecular weight is 581 g/mol. The predicted molar refractivity (Wildman–Crippen MR) is 175 cm³/mol. The molecule has 0 bridgehead atoms. The van der Waals surface area contributed by atoms with Gasteiger partial charge in [-0.3, -0.25) is 0 Å². The van der Waals surface area contributed by atoms with Gasteiger partial charge < -0.3 is 15.2 Å². The number of azo groups is 1. The number of aromatic nitrogens is 1. The average Bonchev–Trinajstić information content (AvgIpc) is 3.40. The van der Waals surface area contributed by atoms with Crippen LogP contribution >= 0.6 is 11.3 Å². The number of aliphatic hydroxyl groups is 1. The molecule has 6 nitrogen and oxygen atoms in total. The van der Waals surface area contributed by atoms with Gasteiger partial charge in [-0.15, -0.1) is 10.2 Å². The molecule has 7 heteroatoms. The molecule has 2 N–H and O–H groups in total. The number of hydrogen-bond acceptors (Lipinski definition) is 7. The van der Waals surface area contributed by atoms with E-state index in [1.165, 1.54) is 82.6 Å². The minimum atomic E-state index is -0.120. The number of thiazole rings is 1. The number of anilines is 1. The van der Waals surface area contributed by atoms with E-state index in [0.717, 1.165) is 46.5 Å². The first-order chi connectivity index (χ1) is 20.1. The lowest BCUT2D eigenvalue weighted by atomic mass is 10.0. The van der Waals surface area contributed by atoms with Gasteiger partial charge in [-0.2, -0.15) is 0 Å². The smallest absolute Gasteiger partial charge is 0.231 e. The number of rotatable bonds is 21. The summed E-state index contributed by atoms with van der Waals surface area (Å²) in [4.78, 5) is 4.68. The van der Waals surface area contributed by atoms with Crippen molar-refractivity contribution in [1.29, 1.82) is 0 Å². The highest BCUT2D eigenvalue weighted by Crippen LogP contribution is 2.36. The number of aliphatic hydroxyl groups excluding tert-OH is 1. The van der Waals surface area contributed by atoms with Crippen LogP contribution in [0.4, 0.5) is 16.5 Å². The maximum atomic E-state index is 10.2. The van der Waals surface area contributed by atoms with Crippen LogP contribution in [0.2, 0.25) is 0 Å². The number of ether oxygens (including phenoxy) is 1. The van der Waals surface area contributed by atoms with E-state index in [4.69, 9.17) is 4.74 Å². The van der Waals surface area contributed by atoms with Crippen molar-refractivity contribution in [2.75, 3.05) is 12.4 Å². The number of hydrogen-bond donors (Lipinski definition) is 2. The predicted octanol–water partition coefficient (Wildman–Crippen LogP) is 11.1. The minimum absolute atomic E-state index is 0.120. The molecule has 0 saturated carbocycles. The quantitative estimate of drug-likeness (QED) is 0.0970. The van der Waals surface area contributed by atoms with Crippen LogP contribution in [0, 0.1) is 0 Å². The van der Waals surface area contributed by atoms with Crippen LogP contribution in [0.3, 0.4) is 0 Å². The summed E-state index contributed by atoms with van der Waals surface area (Å²) < 4.78 is 6.89. The second-order valence-electron chi connectivity index (χ2n) is 11.2. The van der Waals surface area contributed by atoms with Crippen molar-refractivity contribution in [2.24, 2.45) is 10.2 Å². The van der Waals surface area contributed by atoms with Crippen molar-refractivity contribution < 1.29 is 9.84 Å². The van der Waals surface area contributed by atoms with Gasteiger partial charge in [-0.25, -0.2) is 4.98 Å². The maximum absolute atomic E-state index is 10.2. The molecule has 1 heterocycles. The Labute approximate surface area is 252 Å². The van der Waals surface area contributed by atoms with Crippen LogP contribution < -0.4 is 10.1 Å². The Kier molecular flexibility index (Phi) is 15.2. The molecule has 41 heavy (non-hydrogen) atoms. The fourth-order valence-corrected chi connectivity index (χ4v) is 6.12. The summed E-state index contributed by atoms with van der Waals surface area (Å²) >= 11 is 1.56. The monoisotopic (exact) mass is 580 g/mol. The first-order valence-electron chi connectivity index (χ1n) is 16.0. The molecule has 0 saturated heterocycles. The van der Waals surface area contributed by atoms with E-state index < -0.39 is 0 Å². The normalized spacial score (nSPS) is 11.8. The van der Waals surface area contributed by atoms with Gasteiger partial charge in [0.1, 0.15) is 5.75 Å². The van der Waals surface area contributed by atoms with Gasteiger partial charge in [0.2, 0.25) is 5.13 Å². The van der Waals surface area contributed by atoms with Gasteiger partial charge in [0.15, 0.2) is 0 Å². The molecular weight excluding hydrogens is 528 g/mol. The Bertz CT molecular complexity index is 1180. The topological polar surface area (TPSA) is 79.1 Å². The SMILES string of the molecule is CCCCCCCCc1ccc2nc(/N=N/c3cc(OC)c(NC(CCCCC)CCCCC)cc3CO)sc2c1. The second-order valence-corrected chi connectivity index (χ2v) is 12.2. The third-order valence-corrected chi connectivity index (χ3v) is 8.65. The highest BCUT2D eigenvalue weighted by Gasteiger charge is 2.15. The number of unbranched alkanes of at least 4 members (excludes halogenated alkanes) is 9.